The van der Waals surface area contributed by atoms with Crippen LogP contribution < -0.4 is 4.74 Å². The molecule has 1 heterocycles. The molecule has 0 amide bonds. The summed E-state index contributed by atoms with van der Waals surface area (Å²) in [5.41, 5.74) is 4.58. The molecule has 0 radical (unpaired) electrons. The lowest BCUT2D eigenvalue weighted by molar-refractivity contribution is -0.141. The molecule has 0 bridgehead atoms. The molecule has 0 aliphatic heterocycles. The Morgan fingerprint density at radius 3 is 2.52 bits per heavy atom. The van der Waals surface area contributed by atoms with Gasteiger partial charge in [0.1, 0.15) is 5.75 Å². The number of esters is 1. The maximum atomic E-state index is 11.8. The quantitative estimate of drug-likeness (QED) is 0.615. The van der Waals surface area contributed by atoms with E-state index in [0.717, 1.165) is 27.6 Å². The van der Waals surface area contributed by atoms with Gasteiger partial charge in [-0.05, 0) is 47.4 Å². The average Bonchev–Trinajstić information content (AvgIpc) is 3.02. The van der Waals surface area contributed by atoms with Crippen LogP contribution in [0.25, 0.3) is 10.9 Å². The number of hydrogen-bond acceptors (Lipinski definition) is 4. The molecule has 3 aromatic rings. The third-order valence-corrected chi connectivity index (χ3v) is 5.19. The second-order valence-corrected chi connectivity index (χ2v) is 7.26. The van der Waals surface area contributed by atoms with Crippen molar-refractivity contribution in [2.24, 2.45) is 13.0 Å². The van der Waals surface area contributed by atoms with Crippen LogP contribution in [0.15, 0.2) is 42.6 Å². The fourth-order valence-electron chi connectivity index (χ4n) is 3.57. The Kier molecular flexibility index (Phi) is 5.92. The first-order valence-electron chi connectivity index (χ1n) is 9.39. The number of ether oxygens (including phenoxy) is 2. The Balaban J connectivity index is 1.97. The summed E-state index contributed by atoms with van der Waals surface area (Å²) in [6, 6.07) is 11.4. The molecule has 0 spiro atoms. The monoisotopic (exact) mass is 395 g/mol. The van der Waals surface area contributed by atoms with Crippen LogP contribution in [0.2, 0.25) is 0 Å². The molecule has 0 saturated heterocycles. The topological polar surface area (TPSA) is 77.8 Å². The van der Waals surface area contributed by atoms with Crippen molar-refractivity contribution in [3.63, 3.8) is 0 Å². The predicted octanol–water partition coefficient (Wildman–Crippen LogP) is 3.83. The zero-order valence-corrected chi connectivity index (χ0v) is 17.1. The number of carbonyl (C=O) groups excluding carboxylic acids is 1. The summed E-state index contributed by atoms with van der Waals surface area (Å²) in [7, 11) is 4.92. The molecule has 2 aromatic carbocycles. The van der Waals surface area contributed by atoms with Crippen LogP contribution in [0.5, 0.6) is 5.75 Å². The Morgan fingerprint density at radius 2 is 1.86 bits per heavy atom. The fourth-order valence-corrected chi connectivity index (χ4v) is 3.57. The number of rotatable bonds is 7. The Labute approximate surface area is 169 Å². The summed E-state index contributed by atoms with van der Waals surface area (Å²) < 4.78 is 12.3. The first-order chi connectivity index (χ1) is 13.8. The largest absolute Gasteiger partial charge is 0.496 e. The number of methoxy groups -OCH3 is 2. The molecule has 0 aliphatic carbocycles. The van der Waals surface area contributed by atoms with E-state index in [2.05, 4.69) is 16.8 Å². The molecule has 3 rings (SSSR count). The van der Waals surface area contributed by atoms with Gasteiger partial charge in [-0.2, -0.15) is 0 Å². The van der Waals surface area contributed by atoms with Gasteiger partial charge in [0.05, 0.1) is 25.7 Å². The second-order valence-electron chi connectivity index (χ2n) is 7.26. The zero-order valence-electron chi connectivity index (χ0n) is 17.1. The van der Waals surface area contributed by atoms with Crippen molar-refractivity contribution in [2.45, 2.75) is 19.8 Å². The van der Waals surface area contributed by atoms with Gasteiger partial charge < -0.3 is 19.1 Å². The highest BCUT2D eigenvalue weighted by Gasteiger charge is 2.16. The van der Waals surface area contributed by atoms with E-state index in [9.17, 15) is 14.7 Å². The Morgan fingerprint density at radius 1 is 1.10 bits per heavy atom. The van der Waals surface area contributed by atoms with Crippen LogP contribution in [-0.4, -0.2) is 35.8 Å². The van der Waals surface area contributed by atoms with Crippen LogP contribution >= 0.6 is 0 Å². The zero-order chi connectivity index (χ0) is 21.1. The van der Waals surface area contributed by atoms with Crippen molar-refractivity contribution in [3.05, 3.63) is 64.8 Å². The van der Waals surface area contributed by atoms with Gasteiger partial charge in [0.25, 0.3) is 0 Å². The summed E-state index contributed by atoms with van der Waals surface area (Å²) in [4.78, 5) is 23.0. The molecule has 1 N–H and O–H groups in total. The van der Waals surface area contributed by atoms with Crippen molar-refractivity contribution >= 4 is 22.8 Å². The summed E-state index contributed by atoms with van der Waals surface area (Å²) in [6.07, 6.45) is 3.18. The second kappa shape index (κ2) is 8.39. The molecular weight excluding hydrogens is 370 g/mol. The van der Waals surface area contributed by atoms with Gasteiger partial charge in [0, 0.05) is 30.6 Å². The molecule has 6 heteroatoms. The highest BCUT2D eigenvalue weighted by molar-refractivity contribution is 5.90. The van der Waals surface area contributed by atoms with E-state index in [1.165, 1.54) is 7.11 Å². The van der Waals surface area contributed by atoms with Crippen molar-refractivity contribution < 1.29 is 24.2 Å². The van der Waals surface area contributed by atoms with Gasteiger partial charge in [-0.15, -0.1) is 0 Å². The van der Waals surface area contributed by atoms with E-state index in [1.54, 1.807) is 26.2 Å². The number of carboxylic acids is 1. The van der Waals surface area contributed by atoms with Gasteiger partial charge in [-0.25, -0.2) is 4.79 Å². The third kappa shape index (κ3) is 4.26. The van der Waals surface area contributed by atoms with E-state index in [4.69, 9.17) is 9.47 Å². The van der Waals surface area contributed by atoms with Crippen LogP contribution in [0.4, 0.5) is 0 Å². The SMILES string of the molecule is COC(=O)c1ccc(Cc2cn(C)c3ccc(CC(C)C(=O)O)cc23)c(OC)c1. The number of nitrogens with zero attached hydrogens (tertiary/aromatic N) is 1. The number of carbonyl (C=O) groups is 2. The summed E-state index contributed by atoms with van der Waals surface area (Å²) in [6.45, 7) is 1.71. The van der Waals surface area contributed by atoms with Crippen LogP contribution in [0, 0.1) is 5.92 Å². The number of aryl methyl sites for hydroxylation is 1. The lowest BCUT2D eigenvalue weighted by Crippen LogP contribution is -2.12. The first kappa shape index (κ1) is 20.5. The Hall–Kier alpha value is -3.28. The molecule has 6 nitrogen and oxygen atoms in total. The predicted molar refractivity (Wildman–Crippen MR) is 111 cm³/mol. The van der Waals surface area contributed by atoms with Gasteiger partial charge in [0.2, 0.25) is 0 Å². The molecule has 1 atom stereocenters. The lowest BCUT2D eigenvalue weighted by Gasteiger charge is -2.10. The van der Waals surface area contributed by atoms with E-state index in [0.29, 0.717) is 24.2 Å². The van der Waals surface area contributed by atoms with Crippen molar-refractivity contribution in [1.82, 2.24) is 4.57 Å². The highest BCUT2D eigenvalue weighted by Crippen LogP contribution is 2.29. The number of benzene rings is 2. The average molecular weight is 395 g/mol. The number of fused-ring (bicyclic) bond motifs is 1. The van der Waals surface area contributed by atoms with E-state index in [1.807, 2.05) is 25.2 Å². The van der Waals surface area contributed by atoms with Crippen LogP contribution in [0.3, 0.4) is 0 Å². The number of hydrogen-bond donors (Lipinski definition) is 1. The molecular formula is C23H25NO5. The van der Waals surface area contributed by atoms with Gasteiger partial charge in [-0.1, -0.05) is 19.1 Å². The van der Waals surface area contributed by atoms with Gasteiger partial charge in [0.15, 0.2) is 0 Å². The summed E-state index contributed by atoms with van der Waals surface area (Å²) in [5.74, 6) is -1.02. The molecule has 152 valence electrons. The third-order valence-electron chi connectivity index (χ3n) is 5.19. The smallest absolute Gasteiger partial charge is 0.337 e. The van der Waals surface area contributed by atoms with E-state index >= 15 is 0 Å². The molecule has 1 unspecified atom stereocenters. The normalized spacial score (nSPS) is 12.0. The molecule has 0 saturated carbocycles. The number of aromatic nitrogens is 1. The number of carboxylic acid groups (broad SMARTS) is 1. The van der Waals surface area contributed by atoms with Gasteiger partial charge >= 0.3 is 11.9 Å². The van der Waals surface area contributed by atoms with Crippen LogP contribution in [-0.2, 0) is 29.4 Å². The molecule has 0 fully saturated rings. The van der Waals surface area contributed by atoms with Gasteiger partial charge in [-0.3, -0.25) is 4.79 Å². The van der Waals surface area contributed by atoms with Crippen molar-refractivity contribution in [3.8, 4) is 5.75 Å². The maximum Gasteiger partial charge on any atom is 0.337 e. The minimum absolute atomic E-state index is 0.405. The molecule has 1 aromatic heterocycles. The minimum atomic E-state index is -0.797. The lowest BCUT2D eigenvalue weighted by atomic mass is 9.97. The highest BCUT2D eigenvalue weighted by atomic mass is 16.5. The summed E-state index contributed by atoms with van der Waals surface area (Å²) in [5, 5.41) is 10.3. The Bertz CT molecular complexity index is 1070. The number of aliphatic carboxylic acids is 1. The first-order valence-corrected chi connectivity index (χ1v) is 9.39. The molecule has 0 aliphatic rings. The van der Waals surface area contributed by atoms with E-state index < -0.39 is 17.9 Å². The minimum Gasteiger partial charge on any atom is -0.496 e. The van der Waals surface area contributed by atoms with E-state index in [-0.39, 0.29) is 0 Å². The summed E-state index contributed by atoms with van der Waals surface area (Å²) >= 11 is 0. The van der Waals surface area contributed by atoms with Crippen LogP contribution in [0.1, 0.15) is 34.0 Å². The standard InChI is InChI=1S/C23H25NO5/c1-14(22(25)26)9-15-5-8-20-19(10-15)18(13-24(20)2)11-16-6-7-17(23(27)29-4)12-21(16)28-3/h5-8,10,12-14H,9,11H2,1-4H3,(H,25,26). The molecule has 29 heavy (non-hydrogen) atoms. The fraction of sp³-hybridized carbons (Fsp3) is 0.304. The maximum absolute atomic E-state index is 11.8. The van der Waals surface area contributed by atoms with Crippen molar-refractivity contribution in [2.75, 3.05) is 14.2 Å². The van der Waals surface area contributed by atoms with Crippen molar-refractivity contribution in [1.29, 1.82) is 0 Å².